The number of nitrogens with zero attached hydrogens (tertiary/aromatic N) is 4. The lowest BCUT2D eigenvalue weighted by Gasteiger charge is -2.42. The highest BCUT2D eigenvalue weighted by molar-refractivity contribution is 7.27. The van der Waals surface area contributed by atoms with Gasteiger partial charge in [-0.2, -0.15) is 0 Å². The normalized spacial score (nSPS) is 12.7. The molecule has 0 unspecified atom stereocenters. The van der Waals surface area contributed by atoms with Crippen molar-refractivity contribution in [2.75, 3.05) is 0 Å². The molecule has 0 aliphatic heterocycles. The molecule has 0 radical (unpaired) electrons. The van der Waals surface area contributed by atoms with Crippen LogP contribution in [0.25, 0.3) is 161 Å². The molecular weight excluding hydrogens is 1170 g/mol. The van der Waals surface area contributed by atoms with Crippen molar-refractivity contribution in [1.82, 2.24) is 18.3 Å². The SMILES string of the molecule is CC(C)(c1c(-c2cccc(F)c2)c(-n2c3ccccc3c3c4sc5ccccc5c4ccc32)c(-c2cccc(F)c2)c(C(C)(C)n2c3ccccc3c3ccccc32)c1-n1c2ccccc2c2c3sc4ccccc4c3ccc21)n1c2ccccc2c2ccccc21. The third kappa shape index (κ3) is 7.24. The molecule has 0 N–H and O–H groups in total. The smallest absolute Gasteiger partial charge is 0.123 e. The third-order valence-corrected chi connectivity index (χ3v) is 22.4. The van der Waals surface area contributed by atoms with E-state index in [-0.39, 0.29) is 11.6 Å². The van der Waals surface area contributed by atoms with E-state index in [2.05, 4.69) is 276 Å². The summed E-state index contributed by atoms with van der Waals surface area (Å²) < 4.78 is 49.8. The van der Waals surface area contributed by atoms with Gasteiger partial charge in [-0.25, -0.2) is 8.78 Å². The number of thiophene rings is 2. The van der Waals surface area contributed by atoms with Crippen LogP contribution in [0, 0.1) is 11.6 Å². The molecule has 0 bridgehead atoms. The summed E-state index contributed by atoms with van der Waals surface area (Å²) in [4.78, 5) is 0. The van der Waals surface area contributed by atoms with Crippen LogP contribution in [0.4, 0.5) is 8.78 Å². The minimum atomic E-state index is -1.03. The Morgan fingerprint density at radius 1 is 0.283 bits per heavy atom. The number of hydrogen-bond acceptors (Lipinski definition) is 2. The molecular formula is C84H56F2N4S2. The van der Waals surface area contributed by atoms with Crippen molar-refractivity contribution in [3.8, 4) is 33.6 Å². The molecule has 6 heterocycles. The van der Waals surface area contributed by atoms with Gasteiger partial charge in [0, 0.05) is 128 Å². The number of rotatable bonds is 8. The largest absolute Gasteiger partial charge is 0.331 e. The Kier molecular flexibility index (Phi) is 11.2. The molecule has 19 rings (SSSR count). The van der Waals surface area contributed by atoms with Gasteiger partial charge < -0.3 is 18.3 Å². The van der Waals surface area contributed by atoms with E-state index in [1.807, 2.05) is 34.8 Å². The Labute approximate surface area is 535 Å². The summed E-state index contributed by atoms with van der Waals surface area (Å²) in [5.41, 5.74) is 12.9. The number of aromatic nitrogens is 4. The molecule has 0 aliphatic carbocycles. The molecule has 19 aromatic rings. The van der Waals surface area contributed by atoms with Crippen LogP contribution in [0.1, 0.15) is 38.8 Å². The Morgan fingerprint density at radius 2 is 0.609 bits per heavy atom. The molecule has 13 aromatic carbocycles. The van der Waals surface area contributed by atoms with E-state index in [9.17, 15) is 0 Å². The minimum absolute atomic E-state index is 0.365. The van der Waals surface area contributed by atoms with E-state index >= 15 is 8.78 Å². The molecule has 0 saturated carbocycles. The van der Waals surface area contributed by atoms with Crippen LogP contribution in [0.2, 0.25) is 0 Å². The number of benzene rings is 13. The molecule has 8 heteroatoms. The number of fused-ring (bicyclic) bond motifs is 20. The molecule has 438 valence electrons. The van der Waals surface area contributed by atoms with Crippen LogP contribution in [-0.4, -0.2) is 18.3 Å². The van der Waals surface area contributed by atoms with E-state index in [0.29, 0.717) is 11.1 Å². The molecule has 92 heavy (non-hydrogen) atoms. The Bertz CT molecular complexity index is 6070. The van der Waals surface area contributed by atoms with Gasteiger partial charge in [0.25, 0.3) is 0 Å². The predicted molar refractivity (Wildman–Crippen MR) is 387 cm³/mol. The second kappa shape index (κ2) is 19.4. The van der Waals surface area contributed by atoms with Gasteiger partial charge in [-0.15, -0.1) is 22.7 Å². The van der Waals surface area contributed by atoms with Crippen molar-refractivity contribution in [3.05, 3.63) is 290 Å². The fourth-order valence-electron chi connectivity index (χ4n) is 16.4. The van der Waals surface area contributed by atoms with E-state index in [0.717, 1.165) is 121 Å². The fraction of sp³-hybridized carbons (Fsp3) is 0.0714. The topological polar surface area (TPSA) is 19.7 Å². The Balaban J connectivity index is 1.15. The highest BCUT2D eigenvalue weighted by atomic mass is 32.1. The second-order valence-corrected chi connectivity index (χ2v) is 27.8. The molecule has 0 amide bonds. The fourth-order valence-corrected chi connectivity index (χ4v) is 19.0. The summed E-state index contributed by atoms with van der Waals surface area (Å²) in [6, 6.07) is 94.0. The van der Waals surface area contributed by atoms with E-state index in [1.54, 1.807) is 24.3 Å². The van der Waals surface area contributed by atoms with Gasteiger partial charge in [0.05, 0.1) is 44.5 Å². The average molecular weight is 1220 g/mol. The van der Waals surface area contributed by atoms with Gasteiger partial charge in [0.15, 0.2) is 0 Å². The molecule has 4 nitrogen and oxygen atoms in total. The van der Waals surface area contributed by atoms with Crippen LogP contribution >= 0.6 is 22.7 Å². The first-order valence-electron chi connectivity index (χ1n) is 31.5. The van der Waals surface area contributed by atoms with E-state index in [4.69, 9.17) is 0 Å². The first kappa shape index (κ1) is 53.2. The Hall–Kier alpha value is -10.6. The molecule has 0 spiro atoms. The maximum Gasteiger partial charge on any atom is 0.123 e. The summed E-state index contributed by atoms with van der Waals surface area (Å²) in [7, 11) is 0. The van der Waals surface area contributed by atoms with Crippen molar-refractivity contribution in [1.29, 1.82) is 0 Å². The lowest BCUT2D eigenvalue weighted by Crippen LogP contribution is -2.36. The molecule has 0 aliphatic rings. The zero-order valence-electron chi connectivity index (χ0n) is 50.8. The van der Waals surface area contributed by atoms with Crippen LogP contribution in [0.3, 0.4) is 0 Å². The summed E-state index contributed by atoms with van der Waals surface area (Å²) in [6.07, 6.45) is 0. The van der Waals surface area contributed by atoms with Gasteiger partial charge in [-0.3, -0.25) is 0 Å². The highest BCUT2D eigenvalue weighted by Gasteiger charge is 2.44. The van der Waals surface area contributed by atoms with Crippen LogP contribution < -0.4 is 0 Å². The van der Waals surface area contributed by atoms with Gasteiger partial charge in [-0.1, -0.05) is 182 Å². The molecule has 0 saturated heterocycles. The van der Waals surface area contributed by atoms with Crippen molar-refractivity contribution in [3.63, 3.8) is 0 Å². The maximum absolute atomic E-state index is 17.4. The zero-order chi connectivity index (χ0) is 61.5. The lowest BCUT2D eigenvalue weighted by molar-refractivity contribution is 0.447. The van der Waals surface area contributed by atoms with E-state index < -0.39 is 11.1 Å². The molecule has 0 fully saturated rings. The molecule has 6 aromatic heterocycles. The summed E-state index contributed by atoms with van der Waals surface area (Å²) >= 11 is 3.65. The molecule has 0 atom stereocenters. The van der Waals surface area contributed by atoms with Crippen molar-refractivity contribution < 1.29 is 8.78 Å². The highest BCUT2D eigenvalue weighted by Crippen LogP contribution is 2.58. The Morgan fingerprint density at radius 3 is 0.989 bits per heavy atom. The first-order chi connectivity index (χ1) is 45.0. The lowest BCUT2D eigenvalue weighted by atomic mass is 9.74. The van der Waals surface area contributed by atoms with Crippen LogP contribution in [-0.2, 0) is 11.1 Å². The number of halogens is 2. The minimum Gasteiger partial charge on any atom is -0.331 e. The predicted octanol–water partition coefficient (Wildman–Crippen LogP) is 24.0. The first-order valence-corrected chi connectivity index (χ1v) is 33.1. The van der Waals surface area contributed by atoms with Gasteiger partial charge in [0.2, 0.25) is 0 Å². The zero-order valence-corrected chi connectivity index (χ0v) is 52.4. The standard InChI is InChI=1S/C84H56F2N4S2/c1-83(2,89-65-37-15-5-27-53(65)54-28-6-16-38-66(54)89)77-73(49-23-21-25-51(85)47-49)79(87-63-35-13-9-33-61(63)75-69(87)45-43-59-57-31-11-19-41-71(57)91-81(59)75)74(50-24-22-26-52(86)48-50)78(84(3,4)90-67-39-17-7-29-55(67)56-30-8-18-40-68(56)90)80(77)88-64-36-14-10-34-62(64)76-70(88)46-44-60-58-32-12-20-42-72(58)92-82(60)76/h5-48H,1-4H3. The van der Waals surface area contributed by atoms with Crippen molar-refractivity contribution in [2.45, 2.75) is 38.8 Å². The van der Waals surface area contributed by atoms with Crippen molar-refractivity contribution in [2.24, 2.45) is 0 Å². The number of hydrogen-bond donors (Lipinski definition) is 0. The monoisotopic (exact) mass is 1220 g/mol. The average Bonchev–Trinajstić information content (AvgIpc) is 1.28. The quantitative estimate of drug-likeness (QED) is 0.144. The van der Waals surface area contributed by atoms with Crippen molar-refractivity contribution >= 4 is 150 Å². The summed E-state index contributed by atoms with van der Waals surface area (Å²) in [5.74, 6) is -0.730. The van der Waals surface area contributed by atoms with Crippen LogP contribution in [0.15, 0.2) is 267 Å². The second-order valence-electron chi connectivity index (χ2n) is 25.6. The maximum atomic E-state index is 17.4. The summed E-state index contributed by atoms with van der Waals surface area (Å²) in [6.45, 7) is 9.50. The van der Waals surface area contributed by atoms with Gasteiger partial charge in [-0.05, 0) is 124 Å². The summed E-state index contributed by atoms with van der Waals surface area (Å²) in [5, 5.41) is 13.8. The third-order valence-electron chi connectivity index (χ3n) is 20.0. The van der Waals surface area contributed by atoms with Gasteiger partial charge in [0.1, 0.15) is 11.6 Å². The van der Waals surface area contributed by atoms with Crippen LogP contribution in [0.5, 0.6) is 0 Å². The van der Waals surface area contributed by atoms with E-state index in [1.165, 1.54) is 40.3 Å². The van der Waals surface area contributed by atoms with Gasteiger partial charge >= 0.3 is 0 Å². The number of para-hydroxylation sites is 6.